The summed E-state index contributed by atoms with van der Waals surface area (Å²) in [6.45, 7) is 2.05. The molecule has 0 aromatic heterocycles. The van der Waals surface area contributed by atoms with Gasteiger partial charge < -0.3 is 10.4 Å². The van der Waals surface area contributed by atoms with E-state index in [1.807, 2.05) is 0 Å². The molecule has 0 radical (unpaired) electrons. The maximum Gasteiger partial charge on any atom is 0.124 e. The van der Waals surface area contributed by atoms with Crippen LogP contribution in [0.1, 0.15) is 6.92 Å². The molecule has 72 valence electrons. The molecule has 0 bridgehead atoms. The van der Waals surface area contributed by atoms with Gasteiger partial charge >= 0.3 is 0 Å². The first-order valence-electron chi connectivity index (χ1n) is 3.96. The number of nitrogens with one attached hydrogen (secondary N) is 1. The fourth-order valence-electron chi connectivity index (χ4n) is 0.891. The molecule has 2 nitrogen and oxygen atoms in total. The van der Waals surface area contributed by atoms with E-state index in [0.29, 0.717) is 17.3 Å². The molecule has 0 amide bonds. The summed E-state index contributed by atoms with van der Waals surface area (Å²) >= 11 is 5.73. The first-order chi connectivity index (χ1) is 6.09. The number of benzene rings is 1. The molecule has 0 saturated carbocycles. The standard InChI is InChI=1S/C9H11ClFNO/c1-6(13)5-12-9-3-2-7(11)4-8(9)10/h2-4,6,12-13H,5H2,1H3. The predicted molar refractivity (Wildman–Crippen MR) is 51.6 cm³/mol. The van der Waals surface area contributed by atoms with Crippen molar-refractivity contribution in [3.8, 4) is 0 Å². The van der Waals surface area contributed by atoms with Crippen molar-refractivity contribution < 1.29 is 9.50 Å². The van der Waals surface area contributed by atoms with Crippen molar-refractivity contribution in [3.05, 3.63) is 29.0 Å². The van der Waals surface area contributed by atoms with Gasteiger partial charge in [0.2, 0.25) is 0 Å². The molecule has 2 N–H and O–H groups in total. The van der Waals surface area contributed by atoms with E-state index in [-0.39, 0.29) is 5.82 Å². The number of hydrogen-bond acceptors (Lipinski definition) is 2. The third-order valence-electron chi connectivity index (χ3n) is 1.52. The minimum Gasteiger partial charge on any atom is -0.392 e. The molecule has 0 aliphatic heterocycles. The van der Waals surface area contributed by atoms with Gasteiger partial charge in [0.05, 0.1) is 16.8 Å². The fourth-order valence-corrected chi connectivity index (χ4v) is 1.12. The Labute approximate surface area is 81.3 Å². The quantitative estimate of drug-likeness (QED) is 0.790. The summed E-state index contributed by atoms with van der Waals surface area (Å²) in [6.07, 6.45) is -0.457. The zero-order valence-electron chi connectivity index (χ0n) is 7.22. The minimum atomic E-state index is -0.457. The summed E-state index contributed by atoms with van der Waals surface area (Å²) in [4.78, 5) is 0. The molecule has 0 spiro atoms. The highest BCUT2D eigenvalue weighted by molar-refractivity contribution is 6.33. The zero-order valence-corrected chi connectivity index (χ0v) is 7.98. The van der Waals surface area contributed by atoms with E-state index in [9.17, 15) is 4.39 Å². The Kier molecular flexibility index (Phi) is 3.51. The van der Waals surface area contributed by atoms with Gasteiger partial charge in [0.15, 0.2) is 0 Å². The maximum atomic E-state index is 12.6. The highest BCUT2D eigenvalue weighted by atomic mass is 35.5. The lowest BCUT2D eigenvalue weighted by Gasteiger charge is -2.09. The smallest absolute Gasteiger partial charge is 0.124 e. The first kappa shape index (κ1) is 10.3. The summed E-state index contributed by atoms with van der Waals surface area (Å²) in [7, 11) is 0. The third kappa shape index (κ3) is 3.20. The minimum absolute atomic E-state index is 0.320. The average Bonchev–Trinajstić information content (AvgIpc) is 2.02. The van der Waals surface area contributed by atoms with Crippen molar-refractivity contribution >= 4 is 17.3 Å². The molecule has 4 heteroatoms. The molecule has 0 heterocycles. The summed E-state index contributed by atoms with van der Waals surface area (Å²) < 4.78 is 12.6. The molecule has 0 fully saturated rings. The van der Waals surface area contributed by atoms with Crippen LogP contribution in [0.2, 0.25) is 5.02 Å². The number of halogens is 2. The van der Waals surface area contributed by atoms with Crippen LogP contribution in [0, 0.1) is 5.82 Å². The van der Waals surface area contributed by atoms with Crippen LogP contribution in [0.15, 0.2) is 18.2 Å². The monoisotopic (exact) mass is 203 g/mol. The molecule has 1 atom stereocenters. The molecular formula is C9H11ClFNO. The van der Waals surface area contributed by atoms with Gasteiger partial charge in [-0.15, -0.1) is 0 Å². The van der Waals surface area contributed by atoms with E-state index in [4.69, 9.17) is 16.7 Å². The van der Waals surface area contributed by atoms with Gasteiger partial charge in [0.1, 0.15) is 5.82 Å². The molecule has 0 aliphatic rings. The van der Waals surface area contributed by atoms with Crippen LogP contribution in [0.4, 0.5) is 10.1 Å². The molecule has 1 rings (SSSR count). The molecular weight excluding hydrogens is 193 g/mol. The van der Waals surface area contributed by atoms with Crippen molar-refractivity contribution in [2.24, 2.45) is 0 Å². The highest BCUT2D eigenvalue weighted by Gasteiger charge is 2.02. The van der Waals surface area contributed by atoms with Crippen LogP contribution in [0.25, 0.3) is 0 Å². The lowest BCUT2D eigenvalue weighted by molar-refractivity contribution is 0.208. The van der Waals surface area contributed by atoms with Gasteiger partial charge in [0, 0.05) is 6.54 Å². The number of aliphatic hydroxyl groups excluding tert-OH is 1. The van der Waals surface area contributed by atoms with E-state index in [0.717, 1.165) is 0 Å². The van der Waals surface area contributed by atoms with E-state index in [2.05, 4.69) is 5.32 Å². The van der Waals surface area contributed by atoms with E-state index in [1.165, 1.54) is 12.1 Å². The van der Waals surface area contributed by atoms with Crippen molar-refractivity contribution in [2.45, 2.75) is 13.0 Å². The lowest BCUT2D eigenvalue weighted by Crippen LogP contribution is -2.15. The Morgan fingerprint density at radius 3 is 2.85 bits per heavy atom. The number of hydrogen-bond donors (Lipinski definition) is 2. The van der Waals surface area contributed by atoms with Crippen LogP contribution in [-0.2, 0) is 0 Å². The van der Waals surface area contributed by atoms with E-state index >= 15 is 0 Å². The molecule has 0 saturated heterocycles. The predicted octanol–water partition coefficient (Wildman–Crippen LogP) is 2.27. The van der Waals surface area contributed by atoms with Crippen LogP contribution >= 0.6 is 11.6 Å². The molecule has 13 heavy (non-hydrogen) atoms. The largest absolute Gasteiger partial charge is 0.392 e. The second kappa shape index (κ2) is 4.44. The summed E-state index contributed by atoms with van der Waals surface area (Å²) in [5.74, 6) is -0.368. The van der Waals surface area contributed by atoms with Crippen LogP contribution in [0.5, 0.6) is 0 Å². The average molecular weight is 204 g/mol. The van der Waals surface area contributed by atoms with Crippen molar-refractivity contribution in [1.82, 2.24) is 0 Å². The summed E-state index contributed by atoms with van der Waals surface area (Å²) in [5.41, 5.74) is 0.629. The summed E-state index contributed by atoms with van der Waals surface area (Å²) in [6, 6.07) is 4.09. The fraction of sp³-hybridized carbons (Fsp3) is 0.333. The highest BCUT2D eigenvalue weighted by Crippen LogP contribution is 2.21. The van der Waals surface area contributed by atoms with Gasteiger partial charge in [-0.05, 0) is 25.1 Å². The van der Waals surface area contributed by atoms with E-state index < -0.39 is 6.10 Å². The number of rotatable bonds is 3. The molecule has 1 aromatic rings. The normalized spacial score (nSPS) is 12.6. The van der Waals surface area contributed by atoms with Gasteiger partial charge in [0.25, 0.3) is 0 Å². The molecule has 0 aliphatic carbocycles. The first-order valence-corrected chi connectivity index (χ1v) is 4.34. The van der Waals surface area contributed by atoms with E-state index in [1.54, 1.807) is 13.0 Å². The Bertz CT molecular complexity index is 291. The van der Waals surface area contributed by atoms with Gasteiger partial charge in [-0.1, -0.05) is 11.6 Å². The van der Waals surface area contributed by atoms with Crippen LogP contribution < -0.4 is 5.32 Å². The van der Waals surface area contributed by atoms with Gasteiger partial charge in [-0.3, -0.25) is 0 Å². The van der Waals surface area contributed by atoms with Crippen molar-refractivity contribution in [3.63, 3.8) is 0 Å². The van der Waals surface area contributed by atoms with Gasteiger partial charge in [-0.25, -0.2) is 4.39 Å². The topological polar surface area (TPSA) is 32.3 Å². The second-order valence-electron chi connectivity index (χ2n) is 2.85. The Morgan fingerprint density at radius 2 is 2.31 bits per heavy atom. The number of anilines is 1. The Morgan fingerprint density at radius 1 is 1.62 bits per heavy atom. The van der Waals surface area contributed by atoms with Crippen molar-refractivity contribution in [2.75, 3.05) is 11.9 Å². The zero-order chi connectivity index (χ0) is 9.84. The maximum absolute atomic E-state index is 12.6. The van der Waals surface area contributed by atoms with Crippen molar-refractivity contribution in [1.29, 1.82) is 0 Å². The molecule has 1 unspecified atom stereocenters. The molecule has 1 aromatic carbocycles. The van der Waals surface area contributed by atoms with Crippen LogP contribution in [0.3, 0.4) is 0 Å². The second-order valence-corrected chi connectivity index (χ2v) is 3.26. The van der Waals surface area contributed by atoms with Crippen LogP contribution in [-0.4, -0.2) is 17.8 Å². The summed E-state index contributed by atoms with van der Waals surface area (Å²) in [5, 5.41) is 12.2. The SMILES string of the molecule is CC(O)CNc1ccc(F)cc1Cl. The lowest BCUT2D eigenvalue weighted by atomic mass is 10.3. The Hall–Kier alpha value is -0.800. The third-order valence-corrected chi connectivity index (χ3v) is 1.83. The van der Waals surface area contributed by atoms with Gasteiger partial charge in [-0.2, -0.15) is 0 Å². The Balaban J connectivity index is 2.67. The number of aliphatic hydroxyl groups is 1.